The van der Waals surface area contributed by atoms with Crippen LogP contribution < -0.4 is 0 Å². The summed E-state index contributed by atoms with van der Waals surface area (Å²) in [5.41, 5.74) is 1.54. The van der Waals surface area contributed by atoms with Crippen LogP contribution in [0.5, 0.6) is 0 Å². The van der Waals surface area contributed by atoms with Crippen molar-refractivity contribution in [1.82, 2.24) is 19.9 Å². The van der Waals surface area contributed by atoms with E-state index in [0.717, 1.165) is 19.6 Å². The number of hydrogen-bond donors (Lipinski definition) is 1. The van der Waals surface area contributed by atoms with Gasteiger partial charge >= 0.3 is 5.97 Å². The van der Waals surface area contributed by atoms with Crippen LogP contribution >= 0.6 is 0 Å². The Morgan fingerprint density at radius 3 is 2.94 bits per heavy atom. The minimum atomic E-state index is -0.934. The van der Waals surface area contributed by atoms with Gasteiger partial charge in [-0.15, -0.1) is 5.10 Å². The Morgan fingerprint density at radius 2 is 2.28 bits per heavy atom. The van der Waals surface area contributed by atoms with Crippen molar-refractivity contribution in [1.29, 1.82) is 0 Å². The number of likely N-dealkylation sites (tertiary alicyclic amines) is 1. The molecular weight excluding hydrogens is 232 g/mol. The van der Waals surface area contributed by atoms with Gasteiger partial charge in [-0.1, -0.05) is 18.2 Å². The van der Waals surface area contributed by atoms with Gasteiger partial charge in [0, 0.05) is 13.1 Å². The molecule has 6 nitrogen and oxygen atoms in total. The van der Waals surface area contributed by atoms with E-state index in [1.54, 1.807) is 22.9 Å². The van der Waals surface area contributed by atoms with Crippen LogP contribution in [0.3, 0.4) is 0 Å². The van der Waals surface area contributed by atoms with Crippen LogP contribution in [-0.4, -0.2) is 50.6 Å². The van der Waals surface area contributed by atoms with E-state index < -0.39 is 5.97 Å². The molecule has 1 aliphatic rings. The smallest absolute Gasteiger partial charge is 0.337 e. The molecule has 1 N–H and O–H groups in total. The molecule has 2 heterocycles. The molecule has 0 bridgehead atoms. The Labute approximate surface area is 104 Å². The van der Waals surface area contributed by atoms with Gasteiger partial charge in [-0.3, -0.25) is 4.90 Å². The highest BCUT2D eigenvalue weighted by Crippen LogP contribution is 2.25. The zero-order valence-electron chi connectivity index (χ0n) is 10.1. The second-order valence-electron chi connectivity index (χ2n) is 4.52. The van der Waals surface area contributed by atoms with Gasteiger partial charge < -0.3 is 5.11 Å². The number of nitrogens with zero attached hydrogens (tertiary/aromatic N) is 4. The lowest BCUT2D eigenvalue weighted by Gasteiger charge is -2.38. The maximum Gasteiger partial charge on any atom is 0.337 e. The molecule has 0 unspecified atom stereocenters. The molecule has 94 valence electrons. The van der Waals surface area contributed by atoms with Crippen molar-refractivity contribution in [2.75, 3.05) is 19.6 Å². The third kappa shape index (κ3) is 1.57. The van der Waals surface area contributed by atoms with Crippen LogP contribution in [-0.2, 0) is 0 Å². The van der Waals surface area contributed by atoms with Gasteiger partial charge in [0.2, 0.25) is 0 Å². The van der Waals surface area contributed by atoms with Crippen molar-refractivity contribution in [3.8, 4) is 0 Å². The predicted octanol–water partition coefficient (Wildman–Crippen LogP) is 1.01. The molecule has 18 heavy (non-hydrogen) atoms. The third-order valence-corrected chi connectivity index (χ3v) is 3.45. The van der Waals surface area contributed by atoms with E-state index in [9.17, 15) is 9.90 Å². The van der Waals surface area contributed by atoms with E-state index in [1.165, 1.54) is 0 Å². The molecule has 1 aromatic heterocycles. The third-order valence-electron chi connectivity index (χ3n) is 3.45. The molecule has 1 aliphatic heterocycles. The summed E-state index contributed by atoms with van der Waals surface area (Å²) in [6.45, 7) is 4.93. The minimum absolute atomic E-state index is 0.232. The van der Waals surface area contributed by atoms with Crippen molar-refractivity contribution >= 4 is 17.0 Å². The molecule has 0 radical (unpaired) electrons. The van der Waals surface area contributed by atoms with E-state index in [1.807, 2.05) is 0 Å². The number of benzene rings is 1. The number of likely N-dealkylation sites (N-methyl/N-ethyl adjacent to an activating group) is 1. The summed E-state index contributed by atoms with van der Waals surface area (Å²) in [6.07, 6.45) is 0. The lowest BCUT2D eigenvalue weighted by Crippen LogP contribution is -2.47. The summed E-state index contributed by atoms with van der Waals surface area (Å²) in [5, 5.41) is 17.4. The SMILES string of the molecule is CCN1CC(n2nnc3cccc(C(=O)O)c32)C1. The molecule has 0 aliphatic carbocycles. The van der Waals surface area contributed by atoms with Gasteiger partial charge in [-0.2, -0.15) is 0 Å². The highest BCUT2D eigenvalue weighted by molar-refractivity contribution is 6.00. The number of carbonyl (C=O) groups is 1. The van der Waals surface area contributed by atoms with Crippen molar-refractivity contribution in [2.24, 2.45) is 0 Å². The lowest BCUT2D eigenvalue weighted by molar-refractivity contribution is 0.0697. The summed E-state index contributed by atoms with van der Waals surface area (Å²) in [7, 11) is 0. The Bertz CT molecular complexity index is 601. The van der Waals surface area contributed by atoms with E-state index >= 15 is 0 Å². The number of aromatic carboxylic acids is 1. The zero-order chi connectivity index (χ0) is 12.7. The molecule has 1 aromatic carbocycles. The molecule has 0 amide bonds. The average Bonchev–Trinajstić information content (AvgIpc) is 2.71. The number of rotatable bonds is 3. The molecule has 1 fully saturated rings. The zero-order valence-corrected chi connectivity index (χ0v) is 10.1. The highest BCUT2D eigenvalue weighted by Gasteiger charge is 2.30. The van der Waals surface area contributed by atoms with Crippen LogP contribution in [0.1, 0.15) is 23.3 Å². The van der Waals surface area contributed by atoms with Crippen LogP contribution in [0.15, 0.2) is 18.2 Å². The fraction of sp³-hybridized carbons (Fsp3) is 0.417. The standard InChI is InChI=1S/C12H14N4O2/c1-2-15-6-8(7-15)16-11-9(12(17)18)4-3-5-10(11)13-14-16/h3-5,8H,2,6-7H2,1H3,(H,17,18). The Balaban J connectivity index is 2.05. The van der Waals surface area contributed by atoms with E-state index in [4.69, 9.17) is 0 Å². The Morgan fingerprint density at radius 1 is 1.50 bits per heavy atom. The number of aromatic nitrogens is 3. The first-order valence-corrected chi connectivity index (χ1v) is 6.00. The van der Waals surface area contributed by atoms with Crippen LogP contribution in [0.2, 0.25) is 0 Å². The molecule has 3 rings (SSSR count). The first kappa shape index (κ1) is 11.2. The highest BCUT2D eigenvalue weighted by atomic mass is 16.4. The fourth-order valence-corrected chi connectivity index (χ4v) is 2.38. The maximum atomic E-state index is 11.2. The Kier molecular flexibility index (Phi) is 2.52. The summed E-state index contributed by atoms with van der Waals surface area (Å²) < 4.78 is 1.75. The topological polar surface area (TPSA) is 71.2 Å². The number of hydrogen-bond acceptors (Lipinski definition) is 4. The van der Waals surface area contributed by atoms with Gasteiger partial charge in [0.1, 0.15) is 11.0 Å². The molecule has 0 atom stereocenters. The average molecular weight is 246 g/mol. The first-order valence-electron chi connectivity index (χ1n) is 6.00. The largest absolute Gasteiger partial charge is 0.478 e. The quantitative estimate of drug-likeness (QED) is 0.875. The molecule has 6 heteroatoms. The molecular formula is C12H14N4O2. The van der Waals surface area contributed by atoms with Crippen molar-refractivity contribution in [3.63, 3.8) is 0 Å². The molecule has 0 spiro atoms. The van der Waals surface area contributed by atoms with Crippen molar-refractivity contribution in [2.45, 2.75) is 13.0 Å². The summed E-state index contributed by atoms with van der Waals surface area (Å²) in [4.78, 5) is 13.5. The van der Waals surface area contributed by atoms with Crippen molar-refractivity contribution in [3.05, 3.63) is 23.8 Å². The van der Waals surface area contributed by atoms with Gasteiger partial charge in [0.15, 0.2) is 0 Å². The van der Waals surface area contributed by atoms with Crippen molar-refractivity contribution < 1.29 is 9.90 Å². The molecule has 0 saturated carbocycles. The van der Waals surface area contributed by atoms with Gasteiger partial charge in [-0.05, 0) is 18.7 Å². The Hall–Kier alpha value is -1.95. The number of para-hydroxylation sites is 1. The second kappa shape index (κ2) is 4.06. The summed E-state index contributed by atoms with van der Waals surface area (Å²) in [6, 6.07) is 5.32. The van der Waals surface area contributed by atoms with Crippen LogP contribution in [0.4, 0.5) is 0 Å². The summed E-state index contributed by atoms with van der Waals surface area (Å²) in [5.74, 6) is -0.934. The number of fused-ring (bicyclic) bond motifs is 1. The van der Waals surface area contributed by atoms with Gasteiger partial charge in [0.05, 0.1) is 11.6 Å². The number of carboxylic acids is 1. The minimum Gasteiger partial charge on any atom is -0.478 e. The molecule has 1 saturated heterocycles. The lowest BCUT2D eigenvalue weighted by atomic mass is 10.1. The van der Waals surface area contributed by atoms with Crippen LogP contribution in [0, 0.1) is 0 Å². The molecule has 2 aromatic rings. The van der Waals surface area contributed by atoms with E-state index in [0.29, 0.717) is 11.0 Å². The number of carboxylic acid groups (broad SMARTS) is 1. The van der Waals surface area contributed by atoms with Gasteiger partial charge in [-0.25, -0.2) is 9.48 Å². The second-order valence-corrected chi connectivity index (χ2v) is 4.52. The van der Waals surface area contributed by atoms with E-state index in [-0.39, 0.29) is 11.6 Å². The van der Waals surface area contributed by atoms with Gasteiger partial charge in [0.25, 0.3) is 0 Å². The van der Waals surface area contributed by atoms with Crippen LogP contribution in [0.25, 0.3) is 11.0 Å². The normalized spacial score (nSPS) is 16.9. The predicted molar refractivity (Wildman–Crippen MR) is 65.6 cm³/mol. The maximum absolute atomic E-state index is 11.2. The monoisotopic (exact) mass is 246 g/mol. The summed E-state index contributed by atoms with van der Waals surface area (Å²) >= 11 is 0. The van der Waals surface area contributed by atoms with E-state index in [2.05, 4.69) is 22.1 Å². The first-order chi connectivity index (χ1) is 8.70. The fourth-order valence-electron chi connectivity index (χ4n) is 2.38.